The fourth-order valence-corrected chi connectivity index (χ4v) is 15.8. The molecule has 0 amide bonds. The van der Waals surface area contributed by atoms with Gasteiger partial charge in [0.05, 0.1) is 0 Å². The van der Waals surface area contributed by atoms with Crippen LogP contribution in [0.25, 0.3) is 0 Å². The van der Waals surface area contributed by atoms with E-state index < -0.39 is 6.08 Å². The lowest BCUT2D eigenvalue weighted by Crippen LogP contribution is -2.29. The zero-order valence-corrected chi connectivity index (χ0v) is 41.2. The maximum Gasteiger partial charge on any atom is 0.266 e. The summed E-state index contributed by atoms with van der Waals surface area (Å²) < 4.78 is 25.1. The van der Waals surface area contributed by atoms with Crippen LogP contribution in [0.5, 0.6) is 0 Å². The van der Waals surface area contributed by atoms with Gasteiger partial charge < -0.3 is 0 Å². The van der Waals surface area contributed by atoms with Crippen molar-refractivity contribution in [2.24, 2.45) is 94.7 Å². The Morgan fingerprint density at radius 2 is 0.587 bits per heavy atom. The average Bonchev–Trinajstić information content (AvgIpc) is 3.34. The lowest BCUT2D eigenvalue weighted by atomic mass is 9.65. The minimum Gasteiger partial charge on any atom is -0.174 e. The molecule has 63 heavy (non-hydrogen) atoms. The summed E-state index contributed by atoms with van der Waals surface area (Å²) in [5.41, 5.74) is 0. The van der Waals surface area contributed by atoms with Gasteiger partial charge in [-0.15, -0.1) is 6.58 Å². The van der Waals surface area contributed by atoms with Crippen molar-refractivity contribution in [2.75, 3.05) is 0 Å². The first-order chi connectivity index (χ1) is 30.8. The van der Waals surface area contributed by atoms with Gasteiger partial charge >= 0.3 is 0 Å². The minimum absolute atomic E-state index is 0.139. The van der Waals surface area contributed by atoms with Crippen LogP contribution in [0.3, 0.4) is 0 Å². The van der Waals surface area contributed by atoms with Crippen LogP contribution < -0.4 is 0 Å². The highest BCUT2D eigenvalue weighted by molar-refractivity contribution is 5.01. The summed E-state index contributed by atoms with van der Waals surface area (Å²) in [5, 5.41) is 0. The molecule has 0 N–H and O–H groups in total. The molecule has 0 bridgehead atoms. The quantitative estimate of drug-likeness (QED) is 0.171. The molecule has 2 heteroatoms. The number of hydrogen-bond acceptors (Lipinski definition) is 0. The smallest absolute Gasteiger partial charge is 0.174 e. The summed E-state index contributed by atoms with van der Waals surface area (Å²) in [6.07, 6.45) is 63.7. The van der Waals surface area contributed by atoms with Gasteiger partial charge in [-0.25, -0.2) is 0 Å². The monoisotopic (exact) mass is 869 g/mol. The standard InChI is InChI=1S/C31H48F2.C30H50/c1-2-3-23-4-6-24(7-5-23)8-9-25-10-14-27(15-11-25)29-18-20-30(21-19-29)28-16-12-26(13-17-28)22-31(32)33;1-3-23-5-7-25(8-6-23)9-10-26-13-17-28(18-14-26)30-21-19-29(20-22-30)27-15-11-24(4-2)12-16-27/h2-3,8-9,22-30H,4-7,10-21H2,1H3;3,9-10,23-30H,1,4-8,11-22H2,2H3/b3-2+,9-8+;10-9+. The van der Waals surface area contributed by atoms with E-state index in [1.807, 2.05) is 0 Å². The Kier molecular flexibility index (Phi) is 20.6. The van der Waals surface area contributed by atoms with Crippen molar-refractivity contribution < 1.29 is 8.78 Å². The predicted octanol–water partition coefficient (Wildman–Crippen LogP) is 19.5. The molecule has 0 spiro atoms. The Bertz CT molecular complexity index is 1370. The summed E-state index contributed by atoms with van der Waals surface area (Å²) in [4.78, 5) is 0. The lowest BCUT2D eigenvalue weighted by molar-refractivity contribution is 0.108. The van der Waals surface area contributed by atoms with E-state index >= 15 is 0 Å². The van der Waals surface area contributed by atoms with E-state index in [1.54, 1.807) is 38.5 Å². The lowest BCUT2D eigenvalue weighted by Gasteiger charge is -2.41. The third-order valence-electron chi connectivity index (χ3n) is 20.3. The van der Waals surface area contributed by atoms with Crippen LogP contribution in [0.15, 0.2) is 61.3 Å². The molecule has 8 aliphatic carbocycles. The second kappa shape index (κ2) is 26.2. The van der Waals surface area contributed by atoms with Crippen molar-refractivity contribution in [3.05, 3.63) is 61.3 Å². The number of hydrogen-bond donors (Lipinski definition) is 0. The second-order valence-electron chi connectivity index (χ2n) is 23.9. The topological polar surface area (TPSA) is 0 Å². The molecule has 0 heterocycles. The molecule has 0 aromatic carbocycles. The highest BCUT2D eigenvalue weighted by atomic mass is 19.3. The maximum absolute atomic E-state index is 12.5. The molecular weight excluding hydrogens is 771 g/mol. The Labute approximate surface area is 388 Å². The van der Waals surface area contributed by atoms with E-state index in [2.05, 4.69) is 63.0 Å². The highest BCUT2D eigenvalue weighted by Crippen LogP contribution is 2.48. The summed E-state index contributed by atoms with van der Waals surface area (Å²) in [6, 6.07) is 0. The molecule has 356 valence electrons. The summed E-state index contributed by atoms with van der Waals surface area (Å²) in [6.45, 7) is 8.54. The number of allylic oxidation sites excluding steroid dienone is 8. The molecule has 8 fully saturated rings. The van der Waals surface area contributed by atoms with Crippen molar-refractivity contribution in [2.45, 2.75) is 226 Å². The molecule has 8 rings (SSSR count). The van der Waals surface area contributed by atoms with Gasteiger partial charge in [-0.2, -0.15) is 8.78 Å². The first-order valence-corrected chi connectivity index (χ1v) is 28.5. The van der Waals surface area contributed by atoms with E-state index in [0.29, 0.717) is 0 Å². The molecule has 0 saturated heterocycles. The van der Waals surface area contributed by atoms with Gasteiger partial charge in [0.25, 0.3) is 6.08 Å². The third-order valence-corrected chi connectivity index (χ3v) is 20.3. The number of rotatable bonds is 12. The van der Waals surface area contributed by atoms with Gasteiger partial charge in [0.1, 0.15) is 0 Å². The Morgan fingerprint density at radius 1 is 0.349 bits per heavy atom. The van der Waals surface area contributed by atoms with Crippen LogP contribution in [-0.2, 0) is 0 Å². The molecule has 0 aliphatic heterocycles. The summed E-state index contributed by atoms with van der Waals surface area (Å²) in [5.74, 6) is 14.2. The van der Waals surface area contributed by atoms with Crippen LogP contribution >= 0.6 is 0 Å². The fraction of sp³-hybridized carbons (Fsp3) is 0.836. The van der Waals surface area contributed by atoms with Crippen molar-refractivity contribution in [1.29, 1.82) is 0 Å². The highest BCUT2D eigenvalue weighted by Gasteiger charge is 2.36. The van der Waals surface area contributed by atoms with Crippen molar-refractivity contribution in [1.82, 2.24) is 0 Å². The van der Waals surface area contributed by atoms with Gasteiger partial charge in [0.2, 0.25) is 0 Å². The molecule has 0 aromatic rings. The van der Waals surface area contributed by atoms with E-state index in [9.17, 15) is 8.78 Å². The summed E-state index contributed by atoms with van der Waals surface area (Å²) >= 11 is 0. The molecule has 8 saturated carbocycles. The van der Waals surface area contributed by atoms with Gasteiger partial charge in [-0.1, -0.05) is 68.7 Å². The SMILES string of the molecule is C/C=C/C1CCC(/C=C/C2CCC(C3CCC(C4CCC(C=C(F)F)CC4)CC3)CC2)CC1.C=CC1CCC(/C=C/C2CCC(C3CCC(C4CCC(CC)CC4)CC3)CC2)CC1. The third kappa shape index (κ3) is 15.6. The zero-order valence-electron chi connectivity index (χ0n) is 41.2. The zero-order chi connectivity index (χ0) is 43.8. The van der Waals surface area contributed by atoms with Crippen molar-refractivity contribution >= 4 is 0 Å². The van der Waals surface area contributed by atoms with Crippen LogP contribution in [0.1, 0.15) is 226 Å². The van der Waals surface area contributed by atoms with E-state index in [4.69, 9.17) is 0 Å². The van der Waals surface area contributed by atoms with Crippen LogP contribution in [-0.4, -0.2) is 0 Å². The molecule has 0 nitrogen and oxygen atoms in total. The van der Waals surface area contributed by atoms with Crippen molar-refractivity contribution in [3.8, 4) is 0 Å². The fourth-order valence-electron chi connectivity index (χ4n) is 15.8. The van der Waals surface area contributed by atoms with Gasteiger partial charge in [-0.05, 0) is 300 Å². The van der Waals surface area contributed by atoms with Crippen LogP contribution in [0, 0.1) is 94.7 Å². The van der Waals surface area contributed by atoms with E-state index in [1.165, 1.54) is 167 Å². The Hall–Kier alpha value is -1.44. The first-order valence-electron chi connectivity index (χ1n) is 28.5. The predicted molar refractivity (Wildman–Crippen MR) is 267 cm³/mol. The molecule has 0 aromatic heterocycles. The normalized spacial score (nSPS) is 42.1. The van der Waals surface area contributed by atoms with E-state index in [-0.39, 0.29) is 5.92 Å². The van der Waals surface area contributed by atoms with Gasteiger partial charge in [-0.3, -0.25) is 0 Å². The second-order valence-corrected chi connectivity index (χ2v) is 23.9. The van der Waals surface area contributed by atoms with Gasteiger partial charge in [0, 0.05) is 0 Å². The molecule has 0 atom stereocenters. The summed E-state index contributed by atoms with van der Waals surface area (Å²) in [7, 11) is 0. The van der Waals surface area contributed by atoms with Crippen LogP contribution in [0.4, 0.5) is 8.78 Å². The average molecular weight is 869 g/mol. The number of halogens is 2. The Balaban J connectivity index is 0.000000190. The maximum atomic E-state index is 12.5. The minimum atomic E-state index is -1.48. The van der Waals surface area contributed by atoms with E-state index in [0.717, 1.165) is 102 Å². The molecule has 0 radical (unpaired) electrons. The van der Waals surface area contributed by atoms with Gasteiger partial charge in [0.15, 0.2) is 0 Å². The Morgan fingerprint density at radius 3 is 0.857 bits per heavy atom. The molecule has 8 aliphatic rings. The first kappa shape index (κ1) is 49.5. The molecule has 0 unspecified atom stereocenters. The molecular formula is C61H98F2. The van der Waals surface area contributed by atoms with Crippen LogP contribution in [0.2, 0.25) is 0 Å². The van der Waals surface area contributed by atoms with Crippen molar-refractivity contribution in [3.63, 3.8) is 0 Å². The largest absolute Gasteiger partial charge is 0.266 e.